The Morgan fingerprint density at radius 1 is 1.52 bits per heavy atom. The highest BCUT2D eigenvalue weighted by molar-refractivity contribution is 6.30. The number of carbonyl (C=O) groups is 1. The molecule has 0 bridgehead atoms. The fourth-order valence-electron chi connectivity index (χ4n) is 2.65. The molecule has 1 amide bonds. The molecule has 2 heterocycles. The molecule has 6 nitrogen and oxygen atoms in total. The fraction of sp³-hybridized carbons (Fsp3) is 0.400. The van der Waals surface area contributed by atoms with E-state index in [0.29, 0.717) is 6.54 Å². The molecule has 0 unspecified atom stereocenters. The van der Waals surface area contributed by atoms with E-state index < -0.39 is 11.9 Å². The van der Waals surface area contributed by atoms with Gasteiger partial charge in [-0.25, -0.2) is 14.1 Å². The molecule has 0 saturated carbocycles. The summed E-state index contributed by atoms with van der Waals surface area (Å²) < 4.78 is 15.1. The number of hydrogen-bond donors (Lipinski definition) is 1. The SMILES string of the molecule is C[C@H](C(=O)N[C@@H]1CCN(c2ccc(Cl)c(F)c2)C1)n1cncn1. The van der Waals surface area contributed by atoms with Crippen LogP contribution >= 0.6 is 11.6 Å². The number of rotatable bonds is 4. The molecular weight excluding hydrogens is 321 g/mol. The quantitative estimate of drug-likeness (QED) is 0.927. The van der Waals surface area contributed by atoms with Crippen LogP contribution in [0.3, 0.4) is 0 Å². The first kappa shape index (κ1) is 15.7. The average molecular weight is 338 g/mol. The van der Waals surface area contributed by atoms with Crippen molar-refractivity contribution < 1.29 is 9.18 Å². The van der Waals surface area contributed by atoms with E-state index in [2.05, 4.69) is 15.4 Å². The molecule has 23 heavy (non-hydrogen) atoms. The predicted octanol–water partition coefficient (Wildman–Crippen LogP) is 2.03. The van der Waals surface area contributed by atoms with Gasteiger partial charge in [0, 0.05) is 24.8 Å². The molecule has 1 N–H and O–H groups in total. The number of nitrogens with one attached hydrogen (secondary N) is 1. The first-order valence-electron chi connectivity index (χ1n) is 7.39. The second-order valence-corrected chi connectivity index (χ2v) is 6.00. The summed E-state index contributed by atoms with van der Waals surface area (Å²) in [5.74, 6) is -0.541. The van der Waals surface area contributed by atoms with Crippen LogP contribution in [0.15, 0.2) is 30.9 Å². The van der Waals surface area contributed by atoms with Gasteiger partial charge >= 0.3 is 0 Å². The highest BCUT2D eigenvalue weighted by atomic mass is 35.5. The number of halogens is 2. The van der Waals surface area contributed by atoms with Crippen molar-refractivity contribution in [2.24, 2.45) is 0 Å². The van der Waals surface area contributed by atoms with E-state index in [9.17, 15) is 9.18 Å². The van der Waals surface area contributed by atoms with E-state index in [1.54, 1.807) is 19.1 Å². The van der Waals surface area contributed by atoms with Gasteiger partial charge < -0.3 is 10.2 Å². The van der Waals surface area contributed by atoms with Crippen molar-refractivity contribution in [3.05, 3.63) is 41.7 Å². The van der Waals surface area contributed by atoms with Crippen molar-refractivity contribution in [1.82, 2.24) is 20.1 Å². The minimum Gasteiger partial charge on any atom is -0.369 e. The minimum absolute atomic E-state index is 0.0206. The first-order valence-corrected chi connectivity index (χ1v) is 7.77. The number of carbonyl (C=O) groups excluding carboxylic acids is 1. The predicted molar refractivity (Wildman–Crippen MR) is 84.9 cm³/mol. The topological polar surface area (TPSA) is 63.1 Å². The Hall–Kier alpha value is -2.15. The Bertz CT molecular complexity index is 693. The Balaban J connectivity index is 1.59. The van der Waals surface area contributed by atoms with Gasteiger partial charge in [-0.1, -0.05) is 11.6 Å². The lowest BCUT2D eigenvalue weighted by Crippen LogP contribution is -2.40. The van der Waals surface area contributed by atoms with E-state index in [1.165, 1.54) is 23.4 Å². The summed E-state index contributed by atoms with van der Waals surface area (Å²) in [4.78, 5) is 18.1. The zero-order valence-corrected chi connectivity index (χ0v) is 13.4. The molecule has 0 radical (unpaired) electrons. The van der Waals surface area contributed by atoms with Gasteiger partial charge in [-0.2, -0.15) is 5.10 Å². The molecule has 1 aliphatic rings. The molecule has 1 aromatic carbocycles. The number of nitrogens with zero attached hydrogens (tertiary/aromatic N) is 4. The Morgan fingerprint density at radius 3 is 3.04 bits per heavy atom. The smallest absolute Gasteiger partial charge is 0.244 e. The Kier molecular flexibility index (Phi) is 4.47. The standard InChI is InChI=1S/C15H17ClFN5O/c1-10(22-9-18-8-19-22)15(23)20-11-4-5-21(7-11)12-2-3-13(16)14(17)6-12/h2-3,6,8-11H,4-5,7H2,1H3,(H,20,23)/t10-,11-/m1/s1. The van der Waals surface area contributed by atoms with Crippen LogP contribution in [0, 0.1) is 5.82 Å². The van der Waals surface area contributed by atoms with Crippen molar-refractivity contribution in [3.8, 4) is 0 Å². The molecular formula is C15H17ClFN5O. The third-order valence-electron chi connectivity index (χ3n) is 4.02. The second-order valence-electron chi connectivity index (χ2n) is 5.59. The molecule has 1 aromatic heterocycles. The number of aromatic nitrogens is 3. The summed E-state index contributed by atoms with van der Waals surface area (Å²) in [6.07, 6.45) is 3.72. The van der Waals surface area contributed by atoms with E-state index in [4.69, 9.17) is 11.6 Å². The lowest BCUT2D eigenvalue weighted by molar-refractivity contribution is -0.124. The van der Waals surface area contributed by atoms with E-state index in [0.717, 1.165) is 18.7 Å². The maximum Gasteiger partial charge on any atom is 0.244 e. The molecule has 3 rings (SSSR count). The molecule has 8 heteroatoms. The Morgan fingerprint density at radius 2 is 2.35 bits per heavy atom. The normalized spacial score (nSPS) is 18.9. The molecule has 2 atom stereocenters. The van der Waals surface area contributed by atoms with Crippen LogP contribution in [0.25, 0.3) is 0 Å². The van der Waals surface area contributed by atoms with E-state index >= 15 is 0 Å². The monoisotopic (exact) mass is 337 g/mol. The van der Waals surface area contributed by atoms with Crippen LogP contribution in [0.2, 0.25) is 5.02 Å². The van der Waals surface area contributed by atoms with Gasteiger partial charge in [-0.15, -0.1) is 0 Å². The third kappa shape index (κ3) is 3.44. The maximum atomic E-state index is 13.6. The lowest BCUT2D eigenvalue weighted by atomic mass is 10.2. The van der Waals surface area contributed by atoms with Gasteiger partial charge in [0.15, 0.2) is 0 Å². The summed E-state index contributed by atoms with van der Waals surface area (Å²) >= 11 is 5.70. The zero-order valence-electron chi connectivity index (χ0n) is 12.6. The van der Waals surface area contributed by atoms with Crippen LogP contribution in [0.5, 0.6) is 0 Å². The highest BCUT2D eigenvalue weighted by Gasteiger charge is 2.26. The van der Waals surface area contributed by atoms with Crippen LogP contribution in [-0.4, -0.2) is 39.8 Å². The molecule has 2 aromatic rings. The molecule has 1 saturated heterocycles. The van der Waals surface area contributed by atoms with Crippen molar-refractivity contribution in [3.63, 3.8) is 0 Å². The molecule has 122 valence electrons. The summed E-state index contributed by atoms with van der Waals surface area (Å²) in [7, 11) is 0. The Labute approximate surface area is 138 Å². The van der Waals surface area contributed by atoms with Crippen LogP contribution in [0.1, 0.15) is 19.4 Å². The molecule has 1 fully saturated rings. The number of benzene rings is 1. The van der Waals surface area contributed by atoms with Crippen molar-refractivity contribution in [2.45, 2.75) is 25.4 Å². The lowest BCUT2D eigenvalue weighted by Gasteiger charge is -2.20. The van der Waals surface area contributed by atoms with Gasteiger partial charge in [-0.05, 0) is 31.5 Å². The second kappa shape index (κ2) is 6.54. The molecule has 0 spiro atoms. The molecule has 0 aliphatic carbocycles. The van der Waals surface area contributed by atoms with Gasteiger partial charge in [-0.3, -0.25) is 4.79 Å². The summed E-state index contributed by atoms with van der Waals surface area (Å²) in [6, 6.07) is 4.36. The first-order chi connectivity index (χ1) is 11.0. The fourth-order valence-corrected chi connectivity index (χ4v) is 2.77. The summed E-state index contributed by atoms with van der Waals surface area (Å²) in [5.41, 5.74) is 0.771. The van der Waals surface area contributed by atoms with E-state index in [-0.39, 0.29) is 17.0 Å². The van der Waals surface area contributed by atoms with Crippen LogP contribution < -0.4 is 10.2 Å². The van der Waals surface area contributed by atoms with E-state index in [1.807, 2.05) is 4.90 Å². The third-order valence-corrected chi connectivity index (χ3v) is 4.32. The summed E-state index contributed by atoms with van der Waals surface area (Å²) in [6.45, 7) is 3.16. The maximum absolute atomic E-state index is 13.6. The van der Waals surface area contributed by atoms with Gasteiger partial charge in [0.25, 0.3) is 0 Å². The number of anilines is 1. The van der Waals surface area contributed by atoms with Crippen LogP contribution in [0.4, 0.5) is 10.1 Å². The van der Waals surface area contributed by atoms with Crippen molar-refractivity contribution in [1.29, 1.82) is 0 Å². The molecule has 1 aliphatic heterocycles. The van der Waals surface area contributed by atoms with Crippen molar-refractivity contribution >= 4 is 23.2 Å². The summed E-state index contributed by atoms with van der Waals surface area (Å²) in [5, 5.41) is 7.09. The zero-order chi connectivity index (χ0) is 16.4. The average Bonchev–Trinajstić information content (AvgIpc) is 3.20. The number of amides is 1. The van der Waals surface area contributed by atoms with Crippen LogP contribution in [-0.2, 0) is 4.79 Å². The van der Waals surface area contributed by atoms with Gasteiger partial charge in [0.05, 0.1) is 5.02 Å². The van der Waals surface area contributed by atoms with Crippen molar-refractivity contribution in [2.75, 3.05) is 18.0 Å². The van der Waals surface area contributed by atoms with Gasteiger partial charge in [0.1, 0.15) is 24.5 Å². The van der Waals surface area contributed by atoms with Gasteiger partial charge in [0.2, 0.25) is 5.91 Å². The number of hydrogen-bond acceptors (Lipinski definition) is 4. The largest absolute Gasteiger partial charge is 0.369 e. The minimum atomic E-state index is -0.434. The highest BCUT2D eigenvalue weighted by Crippen LogP contribution is 2.25.